The minimum Gasteiger partial charge on any atom is -0.370 e. The first kappa shape index (κ1) is 19.9. The normalized spacial score (nSPS) is 11.4. The van der Waals surface area contributed by atoms with E-state index >= 15 is 0 Å². The van der Waals surface area contributed by atoms with Crippen LogP contribution >= 0.6 is 35.3 Å². The molecule has 0 unspecified atom stereocenters. The third-order valence-corrected chi connectivity index (χ3v) is 4.53. The van der Waals surface area contributed by atoms with Crippen molar-refractivity contribution in [1.82, 2.24) is 10.3 Å². The van der Waals surface area contributed by atoms with Gasteiger partial charge in [-0.05, 0) is 19.3 Å². The second-order valence-corrected chi connectivity index (χ2v) is 6.79. The van der Waals surface area contributed by atoms with Gasteiger partial charge >= 0.3 is 0 Å². The molecule has 0 radical (unpaired) electrons. The van der Waals surface area contributed by atoms with E-state index in [2.05, 4.69) is 41.3 Å². The summed E-state index contributed by atoms with van der Waals surface area (Å²) in [6, 6.07) is 10.2. The predicted octanol–water partition coefficient (Wildman–Crippen LogP) is 4.19. The van der Waals surface area contributed by atoms with Gasteiger partial charge in [-0.15, -0.1) is 35.3 Å². The molecule has 2 aromatic rings. The quantitative estimate of drug-likeness (QED) is 0.399. The number of nitrogens with two attached hydrogens (primary N) is 1. The lowest BCUT2D eigenvalue weighted by Gasteiger charge is -2.07. The maximum Gasteiger partial charge on any atom is 0.188 e. The fraction of sp³-hybridized carbons (Fsp3) is 0.412. The number of guanidine groups is 1. The monoisotopic (exact) mass is 444 g/mol. The van der Waals surface area contributed by atoms with Crippen molar-refractivity contribution < 1.29 is 0 Å². The van der Waals surface area contributed by atoms with E-state index in [4.69, 9.17) is 5.73 Å². The van der Waals surface area contributed by atoms with Crippen LogP contribution < -0.4 is 11.1 Å². The first-order chi connectivity index (χ1) is 10.6. The van der Waals surface area contributed by atoms with E-state index in [1.165, 1.54) is 0 Å². The molecular formula is C17H25IN4S. The van der Waals surface area contributed by atoms with E-state index in [1.54, 1.807) is 11.3 Å². The second-order valence-electron chi connectivity index (χ2n) is 5.70. The van der Waals surface area contributed by atoms with E-state index in [9.17, 15) is 0 Å². The van der Waals surface area contributed by atoms with Gasteiger partial charge in [0.05, 0.1) is 12.2 Å². The smallest absolute Gasteiger partial charge is 0.188 e. The number of aromatic nitrogens is 1. The zero-order valence-electron chi connectivity index (χ0n) is 13.9. The largest absolute Gasteiger partial charge is 0.370 e. The highest BCUT2D eigenvalue weighted by Crippen LogP contribution is 2.28. The number of rotatable bonds is 6. The first-order valence-electron chi connectivity index (χ1n) is 7.61. The molecule has 0 atom stereocenters. The molecule has 0 aliphatic carbocycles. The molecule has 126 valence electrons. The number of aliphatic imine (C=N–C) groups is 1. The van der Waals surface area contributed by atoms with Crippen molar-refractivity contribution in [3.8, 4) is 10.6 Å². The summed E-state index contributed by atoms with van der Waals surface area (Å²) in [7, 11) is 0. The SMILES string of the molecule is Cc1nc(-c2ccccc2)sc1CN=C(N)NCCC(C)C.I. The lowest BCUT2D eigenvalue weighted by Crippen LogP contribution is -2.32. The molecule has 1 heterocycles. The fourth-order valence-electron chi connectivity index (χ4n) is 1.98. The number of hydrogen-bond acceptors (Lipinski definition) is 3. The van der Waals surface area contributed by atoms with Crippen LogP contribution in [0.1, 0.15) is 30.8 Å². The van der Waals surface area contributed by atoms with E-state index in [0.717, 1.165) is 34.1 Å². The highest BCUT2D eigenvalue weighted by Gasteiger charge is 2.08. The minimum absolute atomic E-state index is 0. The van der Waals surface area contributed by atoms with E-state index < -0.39 is 0 Å². The van der Waals surface area contributed by atoms with Crippen molar-refractivity contribution in [2.24, 2.45) is 16.6 Å². The number of benzene rings is 1. The molecule has 2 rings (SSSR count). The van der Waals surface area contributed by atoms with Gasteiger partial charge in [-0.1, -0.05) is 44.2 Å². The molecule has 1 aromatic heterocycles. The summed E-state index contributed by atoms with van der Waals surface area (Å²) in [4.78, 5) is 10.2. The summed E-state index contributed by atoms with van der Waals surface area (Å²) in [5.41, 5.74) is 8.08. The maximum atomic E-state index is 5.90. The van der Waals surface area contributed by atoms with Crippen molar-refractivity contribution in [1.29, 1.82) is 0 Å². The average molecular weight is 444 g/mol. The van der Waals surface area contributed by atoms with Gasteiger partial charge in [-0.3, -0.25) is 0 Å². The summed E-state index contributed by atoms with van der Waals surface area (Å²) in [6.45, 7) is 7.86. The highest BCUT2D eigenvalue weighted by molar-refractivity contribution is 14.0. The molecule has 0 saturated heterocycles. The van der Waals surface area contributed by atoms with Gasteiger partial charge in [0.2, 0.25) is 0 Å². The van der Waals surface area contributed by atoms with Gasteiger partial charge < -0.3 is 11.1 Å². The lowest BCUT2D eigenvalue weighted by atomic mass is 10.1. The Hall–Kier alpha value is -1.15. The topological polar surface area (TPSA) is 63.3 Å². The van der Waals surface area contributed by atoms with Gasteiger partial charge in [0.1, 0.15) is 5.01 Å². The molecule has 3 N–H and O–H groups in total. The van der Waals surface area contributed by atoms with Crippen LogP contribution in [-0.2, 0) is 6.54 Å². The standard InChI is InChI=1S/C17H24N4S.HI/c1-12(2)9-10-19-17(18)20-11-15-13(3)21-16(22-15)14-7-5-4-6-8-14;/h4-8,12H,9-11H2,1-3H3,(H3,18,19,20);1H. The highest BCUT2D eigenvalue weighted by atomic mass is 127. The Labute approximate surface area is 159 Å². The number of halogens is 1. The van der Waals surface area contributed by atoms with Crippen LogP contribution in [0, 0.1) is 12.8 Å². The first-order valence-corrected chi connectivity index (χ1v) is 8.43. The summed E-state index contributed by atoms with van der Waals surface area (Å²) in [5, 5.41) is 4.19. The summed E-state index contributed by atoms with van der Waals surface area (Å²) >= 11 is 1.68. The predicted molar refractivity (Wildman–Crippen MR) is 110 cm³/mol. The number of hydrogen-bond donors (Lipinski definition) is 2. The van der Waals surface area contributed by atoms with Gasteiger partial charge in [0.15, 0.2) is 5.96 Å². The van der Waals surface area contributed by atoms with Crippen molar-refractivity contribution in [3.05, 3.63) is 40.9 Å². The van der Waals surface area contributed by atoms with Crippen molar-refractivity contribution in [2.45, 2.75) is 33.7 Å². The van der Waals surface area contributed by atoms with Gasteiger partial charge in [-0.25, -0.2) is 9.98 Å². The molecule has 6 heteroatoms. The van der Waals surface area contributed by atoms with Crippen molar-refractivity contribution in [2.75, 3.05) is 6.54 Å². The van der Waals surface area contributed by atoms with Crippen LogP contribution in [0.25, 0.3) is 10.6 Å². The molecule has 23 heavy (non-hydrogen) atoms. The fourth-order valence-corrected chi connectivity index (χ4v) is 2.97. The van der Waals surface area contributed by atoms with Crippen LogP contribution in [0.4, 0.5) is 0 Å². The molecular weight excluding hydrogens is 419 g/mol. The van der Waals surface area contributed by atoms with Gasteiger partial charge in [0, 0.05) is 17.0 Å². The van der Waals surface area contributed by atoms with E-state index in [1.807, 2.05) is 25.1 Å². The molecule has 0 saturated carbocycles. The summed E-state index contributed by atoms with van der Waals surface area (Å²) < 4.78 is 0. The number of aryl methyl sites for hydroxylation is 1. The molecule has 0 fully saturated rings. The van der Waals surface area contributed by atoms with E-state index in [0.29, 0.717) is 18.4 Å². The third kappa shape index (κ3) is 6.47. The van der Waals surface area contributed by atoms with Crippen LogP contribution in [0.5, 0.6) is 0 Å². The summed E-state index contributed by atoms with van der Waals surface area (Å²) in [5.74, 6) is 1.17. The third-order valence-electron chi connectivity index (χ3n) is 3.33. The van der Waals surface area contributed by atoms with Crippen LogP contribution in [0.15, 0.2) is 35.3 Å². The zero-order chi connectivity index (χ0) is 15.9. The molecule has 0 aliphatic rings. The molecule has 0 bridgehead atoms. The molecule has 1 aromatic carbocycles. The minimum atomic E-state index is 0. The Kier molecular flexibility index (Phi) is 8.54. The van der Waals surface area contributed by atoms with Crippen LogP contribution in [-0.4, -0.2) is 17.5 Å². The van der Waals surface area contributed by atoms with Crippen LogP contribution in [0.3, 0.4) is 0 Å². The average Bonchev–Trinajstić information content (AvgIpc) is 2.87. The van der Waals surface area contributed by atoms with Crippen LogP contribution in [0.2, 0.25) is 0 Å². The number of thiazole rings is 1. The Morgan fingerprint density at radius 1 is 1.30 bits per heavy atom. The molecule has 0 amide bonds. The second kappa shape index (κ2) is 9.87. The van der Waals surface area contributed by atoms with Gasteiger partial charge in [0.25, 0.3) is 0 Å². The van der Waals surface area contributed by atoms with Crippen molar-refractivity contribution >= 4 is 41.3 Å². The summed E-state index contributed by atoms with van der Waals surface area (Å²) in [6.07, 6.45) is 1.09. The molecule has 4 nitrogen and oxygen atoms in total. The number of nitrogens with zero attached hydrogens (tertiary/aromatic N) is 2. The lowest BCUT2D eigenvalue weighted by molar-refractivity contribution is 0.576. The maximum absolute atomic E-state index is 5.90. The van der Waals surface area contributed by atoms with Gasteiger partial charge in [-0.2, -0.15) is 0 Å². The van der Waals surface area contributed by atoms with E-state index in [-0.39, 0.29) is 24.0 Å². The molecule has 0 spiro atoms. The Morgan fingerprint density at radius 2 is 2.00 bits per heavy atom. The Balaban J connectivity index is 0.00000264. The molecule has 0 aliphatic heterocycles. The Bertz CT molecular complexity index is 623. The Morgan fingerprint density at radius 3 is 2.65 bits per heavy atom. The number of nitrogens with one attached hydrogen (secondary N) is 1. The zero-order valence-corrected chi connectivity index (χ0v) is 17.0. The van der Waals surface area contributed by atoms with Crippen molar-refractivity contribution in [3.63, 3.8) is 0 Å².